The van der Waals surface area contributed by atoms with Crippen LogP contribution in [0.25, 0.3) is 0 Å². The molecule has 1 aromatic carbocycles. The van der Waals surface area contributed by atoms with Gasteiger partial charge in [-0.1, -0.05) is 44.9 Å². The summed E-state index contributed by atoms with van der Waals surface area (Å²) < 4.78 is 0.872. The molecule has 0 bridgehead atoms. The largest absolute Gasteiger partial charge is 0.383 e. The summed E-state index contributed by atoms with van der Waals surface area (Å²) in [6.07, 6.45) is 0.777. The van der Waals surface area contributed by atoms with Crippen molar-refractivity contribution in [1.29, 1.82) is 0 Å². The minimum Gasteiger partial charge on any atom is -0.383 e. The first-order valence-electron chi connectivity index (χ1n) is 4.42. The van der Waals surface area contributed by atoms with Gasteiger partial charge in [-0.3, -0.25) is 0 Å². The quantitative estimate of drug-likeness (QED) is 0.893. The Morgan fingerprint density at radius 2 is 2.25 bits per heavy atom. The number of benzene rings is 1. The highest BCUT2D eigenvalue weighted by Crippen LogP contribution is 2.33. The second-order valence-electron chi connectivity index (χ2n) is 3.17. The molecule has 0 aliphatic carbocycles. The highest BCUT2D eigenvalue weighted by molar-refractivity contribution is 9.10. The number of nitrogens with two attached hydrogens (primary N) is 1. The third kappa shape index (κ3) is 2.38. The SMILES string of the molecule is Nc1ncc(C(O)c2ccc(Br)cc2Cl)s1. The number of halogens is 2. The van der Waals surface area contributed by atoms with Crippen molar-refractivity contribution < 1.29 is 5.11 Å². The van der Waals surface area contributed by atoms with Crippen molar-refractivity contribution in [2.45, 2.75) is 6.10 Å². The van der Waals surface area contributed by atoms with Crippen LogP contribution in [0.2, 0.25) is 5.02 Å². The first-order chi connectivity index (χ1) is 7.58. The molecule has 0 amide bonds. The molecule has 2 rings (SSSR count). The van der Waals surface area contributed by atoms with E-state index in [0.29, 0.717) is 20.6 Å². The maximum absolute atomic E-state index is 10.1. The molecule has 0 radical (unpaired) electrons. The lowest BCUT2D eigenvalue weighted by atomic mass is 10.1. The van der Waals surface area contributed by atoms with Crippen LogP contribution in [0.4, 0.5) is 5.13 Å². The molecule has 0 spiro atoms. The van der Waals surface area contributed by atoms with Crippen molar-refractivity contribution in [2.75, 3.05) is 5.73 Å². The minimum atomic E-state index is -0.782. The van der Waals surface area contributed by atoms with Gasteiger partial charge in [0.1, 0.15) is 6.10 Å². The number of aliphatic hydroxyl groups excluding tert-OH is 1. The molecule has 1 aromatic heterocycles. The Morgan fingerprint density at radius 3 is 2.81 bits per heavy atom. The van der Waals surface area contributed by atoms with Crippen molar-refractivity contribution in [2.24, 2.45) is 0 Å². The van der Waals surface area contributed by atoms with E-state index < -0.39 is 6.10 Å². The zero-order valence-electron chi connectivity index (χ0n) is 8.02. The van der Waals surface area contributed by atoms with Crippen LogP contribution < -0.4 is 5.73 Å². The van der Waals surface area contributed by atoms with Gasteiger partial charge in [0.25, 0.3) is 0 Å². The van der Waals surface area contributed by atoms with Gasteiger partial charge in [0.2, 0.25) is 0 Å². The Balaban J connectivity index is 2.37. The highest BCUT2D eigenvalue weighted by atomic mass is 79.9. The number of nitrogens with zero attached hydrogens (tertiary/aromatic N) is 1. The molecule has 3 nitrogen and oxygen atoms in total. The number of aliphatic hydroxyl groups is 1. The second-order valence-corrected chi connectivity index (χ2v) is 5.59. The topological polar surface area (TPSA) is 59.1 Å². The predicted molar refractivity (Wildman–Crippen MR) is 69.7 cm³/mol. The third-order valence-electron chi connectivity index (χ3n) is 2.07. The van der Waals surface area contributed by atoms with Gasteiger partial charge in [0, 0.05) is 21.3 Å². The molecule has 0 saturated heterocycles. The summed E-state index contributed by atoms with van der Waals surface area (Å²) in [7, 11) is 0. The number of aromatic nitrogens is 1. The van der Waals surface area contributed by atoms with E-state index in [1.54, 1.807) is 18.3 Å². The van der Waals surface area contributed by atoms with Crippen LogP contribution in [0.3, 0.4) is 0 Å². The Bertz CT molecular complexity index is 517. The Kier molecular flexibility index (Phi) is 3.49. The molecular formula is C10H8BrClN2OS. The van der Waals surface area contributed by atoms with E-state index in [1.165, 1.54) is 11.3 Å². The molecule has 0 aliphatic rings. The van der Waals surface area contributed by atoms with Gasteiger partial charge in [-0.25, -0.2) is 4.98 Å². The molecule has 1 unspecified atom stereocenters. The molecule has 0 saturated carbocycles. The molecule has 6 heteroatoms. The third-order valence-corrected chi connectivity index (χ3v) is 3.77. The molecule has 16 heavy (non-hydrogen) atoms. The van der Waals surface area contributed by atoms with E-state index >= 15 is 0 Å². The summed E-state index contributed by atoms with van der Waals surface area (Å²) in [5, 5.41) is 11.0. The fourth-order valence-corrected chi connectivity index (χ4v) is 2.77. The van der Waals surface area contributed by atoms with Crippen molar-refractivity contribution in [1.82, 2.24) is 4.98 Å². The molecule has 0 aliphatic heterocycles. The van der Waals surface area contributed by atoms with Gasteiger partial charge < -0.3 is 10.8 Å². The molecular weight excluding hydrogens is 312 g/mol. The summed E-state index contributed by atoms with van der Waals surface area (Å²) in [5.41, 5.74) is 6.16. The lowest BCUT2D eigenvalue weighted by Crippen LogP contribution is -1.97. The average Bonchev–Trinajstić information content (AvgIpc) is 2.64. The lowest BCUT2D eigenvalue weighted by molar-refractivity contribution is 0.224. The predicted octanol–water partition coefficient (Wildman–Crippen LogP) is 3.22. The highest BCUT2D eigenvalue weighted by Gasteiger charge is 2.16. The monoisotopic (exact) mass is 318 g/mol. The summed E-state index contributed by atoms with van der Waals surface area (Å²) in [6, 6.07) is 5.34. The lowest BCUT2D eigenvalue weighted by Gasteiger charge is -2.10. The van der Waals surface area contributed by atoms with Gasteiger partial charge in [-0.05, 0) is 12.1 Å². The zero-order chi connectivity index (χ0) is 11.7. The van der Waals surface area contributed by atoms with E-state index in [1.807, 2.05) is 6.07 Å². The smallest absolute Gasteiger partial charge is 0.180 e. The van der Waals surface area contributed by atoms with Gasteiger partial charge in [0.05, 0.1) is 4.88 Å². The summed E-state index contributed by atoms with van der Waals surface area (Å²) in [4.78, 5) is 4.58. The van der Waals surface area contributed by atoms with Crippen molar-refractivity contribution in [3.05, 3.63) is 44.3 Å². The number of rotatable bonds is 2. The van der Waals surface area contributed by atoms with E-state index in [9.17, 15) is 5.11 Å². The molecule has 1 heterocycles. The summed E-state index contributed by atoms with van der Waals surface area (Å²) >= 11 is 10.6. The molecule has 0 fully saturated rings. The van der Waals surface area contributed by atoms with E-state index in [0.717, 1.165) is 4.47 Å². The number of thiazole rings is 1. The fourth-order valence-electron chi connectivity index (χ4n) is 1.30. The maximum atomic E-state index is 10.1. The van der Waals surface area contributed by atoms with Gasteiger partial charge in [-0.15, -0.1) is 0 Å². The van der Waals surface area contributed by atoms with Crippen LogP contribution in [-0.4, -0.2) is 10.1 Å². The average molecular weight is 320 g/mol. The van der Waals surface area contributed by atoms with Crippen molar-refractivity contribution in [3.63, 3.8) is 0 Å². The fraction of sp³-hybridized carbons (Fsp3) is 0.100. The van der Waals surface area contributed by atoms with Gasteiger partial charge in [0.15, 0.2) is 5.13 Å². The number of hydrogen-bond donors (Lipinski definition) is 2. The van der Waals surface area contributed by atoms with Crippen LogP contribution in [0.5, 0.6) is 0 Å². The first-order valence-corrected chi connectivity index (χ1v) is 6.41. The zero-order valence-corrected chi connectivity index (χ0v) is 11.2. The molecule has 84 valence electrons. The van der Waals surface area contributed by atoms with Crippen molar-refractivity contribution >= 4 is 44.0 Å². The van der Waals surface area contributed by atoms with Crippen LogP contribution in [0.1, 0.15) is 16.5 Å². The Hall–Kier alpha value is -0.620. The molecule has 2 aromatic rings. The second kappa shape index (κ2) is 4.71. The van der Waals surface area contributed by atoms with E-state index in [-0.39, 0.29) is 0 Å². The van der Waals surface area contributed by atoms with Crippen LogP contribution in [0, 0.1) is 0 Å². The Labute approximate surface area is 110 Å². The van der Waals surface area contributed by atoms with E-state index in [2.05, 4.69) is 20.9 Å². The summed E-state index contributed by atoms with van der Waals surface area (Å²) in [6.45, 7) is 0. The number of anilines is 1. The normalized spacial score (nSPS) is 12.7. The Morgan fingerprint density at radius 1 is 1.50 bits per heavy atom. The van der Waals surface area contributed by atoms with Crippen LogP contribution >= 0.6 is 38.9 Å². The minimum absolute atomic E-state index is 0.433. The number of hydrogen-bond acceptors (Lipinski definition) is 4. The summed E-state index contributed by atoms with van der Waals surface area (Å²) in [5.74, 6) is 0. The number of nitrogen functional groups attached to an aromatic ring is 1. The van der Waals surface area contributed by atoms with Crippen LogP contribution in [-0.2, 0) is 0 Å². The molecule has 1 atom stereocenters. The van der Waals surface area contributed by atoms with Crippen LogP contribution in [0.15, 0.2) is 28.9 Å². The standard InChI is InChI=1S/C10H8BrClN2OS/c11-5-1-2-6(7(12)3-5)9(15)8-4-14-10(13)16-8/h1-4,9,15H,(H2,13,14). The van der Waals surface area contributed by atoms with Crippen molar-refractivity contribution in [3.8, 4) is 0 Å². The van der Waals surface area contributed by atoms with Gasteiger partial charge >= 0.3 is 0 Å². The van der Waals surface area contributed by atoms with Gasteiger partial charge in [-0.2, -0.15) is 0 Å². The molecule has 3 N–H and O–H groups in total. The van der Waals surface area contributed by atoms with E-state index in [4.69, 9.17) is 17.3 Å². The maximum Gasteiger partial charge on any atom is 0.180 e. The first kappa shape index (κ1) is 11.9.